The lowest BCUT2D eigenvalue weighted by molar-refractivity contribution is 0.102. The molecule has 1 N–H and O–H groups in total. The Kier molecular flexibility index (Phi) is 3.68. The van der Waals surface area contributed by atoms with E-state index < -0.39 is 0 Å². The molecule has 2 aliphatic rings. The first-order valence-corrected chi connectivity index (χ1v) is 8.49. The minimum atomic E-state index is -0.118. The number of benzene rings is 2. The molecule has 4 heteroatoms. The van der Waals surface area contributed by atoms with Crippen LogP contribution >= 0.6 is 0 Å². The van der Waals surface area contributed by atoms with E-state index in [9.17, 15) is 4.79 Å². The highest BCUT2D eigenvalue weighted by Crippen LogP contribution is 2.40. The van der Waals surface area contributed by atoms with Crippen molar-refractivity contribution >= 4 is 11.6 Å². The van der Waals surface area contributed by atoms with E-state index >= 15 is 0 Å². The second-order valence-electron chi connectivity index (χ2n) is 6.64. The highest BCUT2D eigenvalue weighted by atomic mass is 16.5. The number of carbonyl (C=O) groups excluding carboxylic acids is 1. The van der Waals surface area contributed by atoms with Crippen LogP contribution in [0.3, 0.4) is 0 Å². The minimum absolute atomic E-state index is 0.118. The monoisotopic (exact) mass is 323 g/mol. The van der Waals surface area contributed by atoms with Crippen molar-refractivity contribution in [3.8, 4) is 11.5 Å². The third kappa shape index (κ3) is 2.52. The standard InChI is InChI=1S/C20H21NO3/c1-12(2)13-3-5-15(6-4-13)21-20(22)18-16-8-10-23-17(16)11-14-7-9-24-19(14)18/h3-6,11-12H,7-10H2,1-2H3,(H,21,22). The Labute approximate surface area is 141 Å². The molecule has 0 radical (unpaired) electrons. The summed E-state index contributed by atoms with van der Waals surface area (Å²) in [5, 5.41) is 3.01. The fraction of sp³-hybridized carbons (Fsp3) is 0.350. The van der Waals surface area contributed by atoms with Crippen LogP contribution in [0.25, 0.3) is 0 Å². The topological polar surface area (TPSA) is 47.6 Å². The minimum Gasteiger partial charge on any atom is -0.493 e. The van der Waals surface area contributed by atoms with Crippen molar-refractivity contribution in [2.75, 3.05) is 18.5 Å². The van der Waals surface area contributed by atoms with Gasteiger partial charge in [0.1, 0.15) is 11.5 Å². The van der Waals surface area contributed by atoms with Crippen LogP contribution in [-0.4, -0.2) is 19.1 Å². The van der Waals surface area contributed by atoms with Gasteiger partial charge in [0.15, 0.2) is 0 Å². The highest BCUT2D eigenvalue weighted by Gasteiger charge is 2.30. The molecule has 24 heavy (non-hydrogen) atoms. The quantitative estimate of drug-likeness (QED) is 0.931. The van der Waals surface area contributed by atoms with Crippen molar-refractivity contribution in [3.05, 3.63) is 52.6 Å². The lowest BCUT2D eigenvalue weighted by atomic mass is 9.98. The maximum absolute atomic E-state index is 12.9. The van der Waals surface area contributed by atoms with Gasteiger partial charge in [0.05, 0.1) is 18.8 Å². The number of ether oxygens (including phenoxy) is 2. The first-order valence-electron chi connectivity index (χ1n) is 8.49. The van der Waals surface area contributed by atoms with Gasteiger partial charge in [-0.3, -0.25) is 4.79 Å². The molecule has 0 spiro atoms. The van der Waals surface area contributed by atoms with Crippen molar-refractivity contribution in [2.24, 2.45) is 0 Å². The Morgan fingerprint density at radius 2 is 1.83 bits per heavy atom. The maximum atomic E-state index is 12.9. The number of carbonyl (C=O) groups is 1. The van der Waals surface area contributed by atoms with E-state index in [0.717, 1.165) is 41.2 Å². The average Bonchev–Trinajstić information content (AvgIpc) is 3.21. The second kappa shape index (κ2) is 5.86. The van der Waals surface area contributed by atoms with E-state index in [1.165, 1.54) is 5.56 Å². The summed E-state index contributed by atoms with van der Waals surface area (Å²) >= 11 is 0. The van der Waals surface area contributed by atoms with Crippen molar-refractivity contribution in [1.82, 2.24) is 0 Å². The van der Waals surface area contributed by atoms with E-state index in [0.29, 0.717) is 24.7 Å². The molecule has 0 saturated heterocycles. The zero-order valence-corrected chi connectivity index (χ0v) is 14.0. The van der Waals surface area contributed by atoms with Crippen molar-refractivity contribution in [3.63, 3.8) is 0 Å². The molecule has 1 amide bonds. The van der Waals surface area contributed by atoms with Crippen LogP contribution < -0.4 is 14.8 Å². The highest BCUT2D eigenvalue weighted by molar-refractivity contribution is 6.08. The normalized spacial score (nSPS) is 14.8. The summed E-state index contributed by atoms with van der Waals surface area (Å²) < 4.78 is 11.4. The van der Waals surface area contributed by atoms with Crippen LogP contribution in [0.1, 0.15) is 46.8 Å². The number of amides is 1. The molecule has 0 unspecified atom stereocenters. The first-order chi connectivity index (χ1) is 11.6. The third-order valence-corrected chi connectivity index (χ3v) is 4.71. The van der Waals surface area contributed by atoms with Gasteiger partial charge >= 0.3 is 0 Å². The van der Waals surface area contributed by atoms with Crippen molar-refractivity contribution in [1.29, 1.82) is 0 Å². The Balaban J connectivity index is 1.65. The van der Waals surface area contributed by atoms with Gasteiger partial charge in [-0.2, -0.15) is 0 Å². The van der Waals surface area contributed by atoms with E-state index in [1.54, 1.807) is 0 Å². The molecule has 2 aromatic carbocycles. The Hall–Kier alpha value is -2.49. The third-order valence-electron chi connectivity index (χ3n) is 4.71. The molecular weight excluding hydrogens is 302 g/mol. The van der Waals surface area contributed by atoms with Gasteiger partial charge in [0.25, 0.3) is 5.91 Å². The van der Waals surface area contributed by atoms with Crippen LogP contribution in [0.4, 0.5) is 5.69 Å². The molecule has 0 bridgehead atoms. The summed E-state index contributed by atoms with van der Waals surface area (Å²) in [6, 6.07) is 10.0. The number of hydrogen-bond acceptors (Lipinski definition) is 3. The summed E-state index contributed by atoms with van der Waals surface area (Å²) in [6.45, 7) is 5.56. The molecule has 4 nitrogen and oxygen atoms in total. The predicted molar refractivity (Wildman–Crippen MR) is 93.3 cm³/mol. The Morgan fingerprint density at radius 3 is 2.58 bits per heavy atom. The van der Waals surface area contributed by atoms with Crippen LogP contribution in [0.5, 0.6) is 11.5 Å². The number of fused-ring (bicyclic) bond motifs is 2. The molecular formula is C20H21NO3. The van der Waals surface area contributed by atoms with Gasteiger partial charge < -0.3 is 14.8 Å². The summed E-state index contributed by atoms with van der Waals surface area (Å²) in [5.41, 5.74) is 4.73. The van der Waals surface area contributed by atoms with Crippen LogP contribution in [-0.2, 0) is 12.8 Å². The molecule has 2 aromatic rings. The summed E-state index contributed by atoms with van der Waals surface area (Å²) in [6.07, 6.45) is 1.58. The van der Waals surface area contributed by atoms with E-state index in [-0.39, 0.29) is 5.91 Å². The second-order valence-corrected chi connectivity index (χ2v) is 6.64. The van der Waals surface area contributed by atoms with Crippen molar-refractivity contribution < 1.29 is 14.3 Å². The van der Waals surface area contributed by atoms with Gasteiger partial charge in [0.2, 0.25) is 0 Å². The SMILES string of the molecule is CC(C)c1ccc(NC(=O)c2c3c(cc4c2OCC4)OCC3)cc1. The van der Waals surface area contributed by atoms with Gasteiger partial charge in [-0.25, -0.2) is 0 Å². The maximum Gasteiger partial charge on any atom is 0.259 e. The van der Waals surface area contributed by atoms with E-state index in [4.69, 9.17) is 9.47 Å². The molecule has 0 fully saturated rings. The number of hydrogen-bond donors (Lipinski definition) is 1. The van der Waals surface area contributed by atoms with Gasteiger partial charge in [0, 0.05) is 29.7 Å². The molecule has 0 aromatic heterocycles. The Morgan fingerprint density at radius 1 is 1.08 bits per heavy atom. The van der Waals surface area contributed by atoms with Crippen LogP contribution in [0.15, 0.2) is 30.3 Å². The predicted octanol–water partition coefficient (Wildman–Crippen LogP) is 3.93. The molecule has 2 aliphatic heterocycles. The smallest absolute Gasteiger partial charge is 0.259 e. The van der Waals surface area contributed by atoms with Gasteiger partial charge in [-0.1, -0.05) is 26.0 Å². The van der Waals surface area contributed by atoms with Crippen molar-refractivity contribution in [2.45, 2.75) is 32.6 Å². The zero-order valence-electron chi connectivity index (χ0n) is 14.0. The van der Waals surface area contributed by atoms with E-state index in [1.807, 2.05) is 18.2 Å². The summed E-state index contributed by atoms with van der Waals surface area (Å²) in [4.78, 5) is 12.9. The lowest BCUT2D eigenvalue weighted by Crippen LogP contribution is -2.15. The van der Waals surface area contributed by atoms with E-state index in [2.05, 4.69) is 31.3 Å². The molecule has 0 atom stereocenters. The number of anilines is 1. The molecule has 2 heterocycles. The average molecular weight is 323 g/mol. The molecule has 4 rings (SSSR count). The van der Waals surface area contributed by atoms with Gasteiger partial charge in [-0.05, 0) is 29.7 Å². The molecule has 0 aliphatic carbocycles. The Bertz CT molecular complexity index is 761. The lowest BCUT2D eigenvalue weighted by Gasteiger charge is -2.13. The molecule has 0 saturated carbocycles. The fourth-order valence-corrected chi connectivity index (χ4v) is 3.37. The summed E-state index contributed by atoms with van der Waals surface area (Å²) in [5.74, 6) is 1.92. The number of nitrogens with one attached hydrogen (secondary N) is 1. The van der Waals surface area contributed by atoms with Crippen LogP contribution in [0.2, 0.25) is 0 Å². The zero-order chi connectivity index (χ0) is 16.7. The molecule has 124 valence electrons. The largest absolute Gasteiger partial charge is 0.493 e. The fourth-order valence-electron chi connectivity index (χ4n) is 3.37. The number of rotatable bonds is 3. The van der Waals surface area contributed by atoms with Gasteiger partial charge in [-0.15, -0.1) is 0 Å². The first kappa shape index (κ1) is 15.1. The summed E-state index contributed by atoms with van der Waals surface area (Å²) in [7, 11) is 0. The van der Waals surface area contributed by atoms with Crippen LogP contribution in [0, 0.1) is 0 Å².